The number of hydrogen-bond acceptors (Lipinski definition) is 1. The molecule has 0 radical (unpaired) electrons. The molecule has 2 aromatic rings. The summed E-state index contributed by atoms with van der Waals surface area (Å²) < 4.78 is 0. The average Bonchev–Trinajstić information content (AvgIpc) is 2.38. The average molecular weight is 238 g/mol. The minimum Gasteiger partial charge on any atom is -0.294 e. The molecule has 0 aliphatic heterocycles. The van der Waals surface area contributed by atoms with Crippen molar-refractivity contribution in [3.8, 4) is 11.1 Å². The van der Waals surface area contributed by atoms with Gasteiger partial charge in [-0.25, -0.2) is 0 Å². The zero-order valence-corrected chi connectivity index (χ0v) is 11.1. The molecular weight excluding hydrogens is 220 g/mol. The molecule has 0 N–H and O–H groups in total. The third-order valence-electron chi connectivity index (χ3n) is 3.05. The van der Waals surface area contributed by atoms with Crippen molar-refractivity contribution < 1.29 is 4.79 Å². The van der Waals surface area contributed by atoms with Crippen molar-refractivity contribution in [3.63, 3.8) is 0 Å². The number of carbonyl (C=O) groups excluding carboxylic acids is 1. The number of rotatable bonds is 3. The van der Waals surface area contributed by atoms with Crippen LogP contribution in [0.2, 0.25) is 0 Å². The first-order valence-electron chi connectivity index (χ1n) is 6.29. The van der Waals surface area contributed by atoms with E-state index in [4.69, 9.17) is 0 Å². The summed E-state index contributed by atoms with van der Waals surface area (Å²) in [5.41, 5.74) is 4.38. The van der Waals surface area contributed by atoms with Crippen molar-refractivity contribution in [1.82, 2.24) is 0 Å². The third-order valence-corrected chi connectivity index (χ3v) is 3.05. The fourth-order valence-electron chi connectivity index (χ4n) is 1.98. The third kappa shape index (κ3) is 2.67. The van der Waals surface area contributed by atoms with Gasteiger partial charge < -0.3 is 0 Å². The van der Waals surface area contributed by atoms with Gasteiger partial charge in [-0.2, -0.15) is 0 Å². The van der Waals surface area contributed by atoms with Crippen molar-refractivity contribution in [2.45, 2.75) is 20.8 Å². The van der Waals surface area contributed by atoms with E-state index in [1.807, 2.05) is 38.1 Å². The highest BCUT2D eigenvalue weighted by Crippen LogP contribution is 2.21. The van der Waals surface area contributed by atoms with Crippen molar-refractivity contribution in [3.05, 3.63) is 59.7 Å². The lowest BCUT2D eigenvalue weighted by atomic mass is 9.97. The number of aryl methyl sites for hydroxylation is 1. The Morgan fingerprint density at radius 3 is 2.17 bits per heavy atom. The van der Waals surface area contributed by atoms with Gasteiger partial charge in [0.15, 0.2) is 5.78 Å². The maximum atomic E-state index is 11.8. The van der Waals surface area contributed by atoms with Gasteiger partial charge in [-0.1, -0.05) is 67.9 Å². The second-order valence-electron chi connectivity index (χ2n) is 4.97. The Balaban J connectivity index is 2.30. The topological polar surface area (TPSA) is 17.1 Å². The summed E-state index contributed by atoms with van der Waals surface area (Å²) >= 11 is 0. The molecule has 0 atom stereocenters. The Hall–Kier alpha value is -1.89. The van der Waals surface area contributed by atoms with E-state index in [0.717, 1.165) is 11.1 Å². The van der Waals surface area contributed by atoms with Gasteiger partial charge >= 0.3 is 0 Å². The predicted octanol–water partition coefficient (Wildman–Crippen LogP) is 4.50. The molecular formula is C17H18O. The number of ketones is 1. The number of carbonyl (C=O) groups is 1. The number of benzene rings is 2. The van der Waals surface area contributed by atoms with E-state index < -0.39 is 0 Å². The molecule has 2 aromatic carbocycles. The summed E-state index contributed by atoms with van der Waals surface area (Å²) in [6, 6.07) is 16.2. The largest absolute Gasteiger partial charge is 0.294 e. The highest BCUT2D eigenvalue weighted by molar-refractivity contribution is 5.97. The lowest BCUT2D eigenvalue weighted by molar-refractivity contribution is 0.0939. The van der Waals surface area contributed by atoms with Gasteiger partial charge in [0, 0.05) is 11.5 Å². The van der Waals surface area contributed by atoms with Crippen LogP contribution in [-0.2, 0) is 0 Å². The Morgan fingerprint density at radius 2 is 1.61 bits per heavy atom. The molecule has 0 amide bonds. The van der Waals surface area contributed by atoms with Crippen LogP contribution in [0.1, 0.15) is 29.8 Å². The highest BCUT2D eigenvalue weighted by atomic mass is 16.1. The fourth-order valence-corrected chi connectivity index (χ4v) is 1.98. The van der Waals surface area contributed by atoms with Crippen molar-refractivity contribution >= 4 is 5.78 Å². The van der Waals surface area contributed by atoms with Crippen LogP contribution >= 0.6 is 0 Å². The zero-order chi connectivity index (χ0) is 13.1. The van der Waals surface area contributed by atoms with Crippen LogP contribution in [-0.4, -0.2) is 5.78 Å². The minimum atomic E-state index is 0.0508. The molecule has 0 spiro atoms. The fraction of sp³-hybridized carbons (Fsp3) is 0.235. The van der Waals surface area contributed by atoms with E-state index in [-0.39, 0.29) is 11.7 Å². The summed E-state index contributed by atoms with van der Waals surface area (Å²) in [6.45, 7) is 5.94. The van der Waals surface area contributed by atoms with Crippen molar-refractivity contribution in [2.24, 2.45) is 5.92 Å². The molecule has 0 aromatic heterocycles. The van der Waals surface area contributed by atoms with Crippen LogP contribution in [0.15, 0.2) is 48.5 Å². The second kappa shape index (κ2) is 5.18. The smallest absolute Gasteiger partial charge is 0.165 e. The number of Topliss-reactive ketones (excluding diaryl/α,β-unsaturated/α-hetero) is 1. The van der Waals surface area contributed by atoms with Gasteiger partial charge in [0.2, 0.25) is 0 Å². The molecule has 0 unspecified atom stereocenters. The van der Waals surface area contributed by atoms with Crippen LogP contribution in [0.25, 0.3) is 11.1 Å². The van der Waals surface area contributed by atoms with E-state index in [1.54, 1.807) is 0 Å². The lowest BCUT2D eigenvalue weighted by Gasteiger charge is -2.06. The van der Waals surface area contributed by atoms with Crippen LogP contribution in [0.3, 0.4) is 0 Å². The molecule has 92 valence electrons. The monoisotopic (exact) mass is 238 g/mol. The van der Waals surface area contributed by atoms with Gasteiger partial charge in [-0.3, -0.25) is 4.79 Å². The SMILES string of the molecule is Cc1cccc(-c2ccc(C(=O)C(C)C)cc2)c1. The molecule has 0 fully saturated rings. The molecule has 0 saturated heterocycles. The van der Waals surface area contributed by atoms with Gasteiger partial charge in [0.05, 0.1) is 0 Å². The quantitative estimate of drug-likeness (QED) is 0.719. The number of hydrogen-bond donors (Lipinski definition) is 0. The summed E-state index contributed by atoms with van der Waals surface area (Å²) in [6.07, 6.45) is 0. The molecule has 0 aliphatic carbocycles. The molecule has 0 saturated carbocycles. The van der Waals surface area contributed by atoms with Crippen LogP contribution in [0.4, 0.5) is 0 Å². The predicted molar refractivity (Wildman–Crippen MR) is 75.8 cm³/mol. The molecule has 18 heavy (non-hydrogen) atoms. The second-order valence-corrected chi connectivity index (χ2v) is 4.97. The molecule has 0 aliphatic rings. The Labute approximate surface area is 108 Å². The first-order valence-corrected chi connectivity index (χ1v) is 6.29. The van der Waals surface area contributed by atoms with Gasteiger partial charge in [-0.05, 0) is 18.1 Å². The van der Waals surface area contributed by atoms with Crippen molar-refractivity contribution in [1.29, 1.82) is 0 Å². The van der Waals surface area contributed by atoms with E-state index in [0.29, 0.717) is 0 Å². The van der Waals surface area contributed by atoms with Gasteiger partial charge in [-0.15, -0.1) is 0 Å². The Bertz CT molecular complexity index is 550. The maximum Gasteiger partial charge on any atom is 0.165 e. The van der Waals surface area contributed by atoms with Gasteiger partial charge in [0.1, 0.15) is 0 Å². The van der Waals surface area contributed by atoms with E-state index in [9.17, 15) is 4.79 Å². The Morgan fingerprint density at radius 1 is 0.944 bits per heavy atom. The zero-order valence-electron chi connectivity index (χ0n) is 11.1. The standard InChI is InChI=1S/C17H18O/c1-12(2)17(18)15-9-7-14(8-10-15)16-6-4-5-13(3)11-16/h4-12H,1-3H3. The molecule has 1 nitrogen and oxygen atoms in total. The van der Waals surface area contributed by atoms with E-state index in [1.165, 1.54) is 11.1 Å². The first kappa shape index (κ1) is 12.6. The maximum absolute atomic E-state index is 11.8. The molecule has 2 rings (SSSR count). The van der Waals surface area contributed by atoms with Crippen molar-refractivity contribution in [2.75, 3.05) is 0 Å². The minimum absolute atomic E-state index is 0.0508. The van der Waals surface area contributed by atoms with E-state index >= 15 is 0 Å². The molecule has 0 bridgehead atoms. The Kier molecular flexibility index (Phi) is 3.61. The normalized spacial score (nSPS) is 10.7. The van der Waals surface area contributed by atoms with Gasteiger partial charge in [0.25, 0.3) is 0 Å². The molecule has 1 heteroatoms. The van der Waals surface area contributed by atoms with Crippen LogP contribution in [0, 0.1) is 12.8 Å². The van der Waals surface area contributed by atoms with E-state index in [2.05, 4.69) is 31.2 Å². The van der Waals surface area contributed by atoms with Crippen LogP contribution in [0.5, 0.6) is 0 Å². The summed E-state index contributed by atoms with van der Waals surface area (Å²) in [5.74, 6) is 0.251. The first-order chi connectivity index (χ1) is 8.58. The summed E-state index contributed by atoms with van der Waals surface area (Å²) in [5, 5.41) is 0. The summed E-state index contributed by atoms with van der Waals surface area (Å²) in [4.78, 5) is 11.8. The summed E-state index contributed by atoms with van der Waals surface area (Å²) in [7, 11) is 0. The lowest BCUT2D eigenvalue weighted by Crippen LogP contribution is -2.06. The van der Waals surface area contributed by atoms with Crippen LogP contribution < -0.4 is 0 Å². The highest BCUT2D eigenvalue weighted by Gasteiger charge is 2.09. The molecule has 0 heterocycles.